The summed E-state index contributed by atoms with van der Waals surface area (Å²) >= 11 is 3.61. The number of thiophene rings is 1. The molecule has 8 heteroatoms. The number of hydrogen-bond acceptors (Lipinski definition) is 7. The molecule has 4 N–H and O–H groups in total. The highest BCUT2D eigenvalue weighted by atomic mass is 32.2. The van der Waals surface area contributed by atoms with Gasteiger partial charge in [-0.15, -0.1) is 23.1 Å². The lowest BCUT2D eigenvalue weighted by Gasteiger charge is -2.23. The fourth-order valence-electron chi connectivity index (χ4n) is 3.60. The number of rotatable bonds is 9. The lowest BCUT2D eigenvalue weighted by molar-refractivity contribution is 0.291. The van der Waals surface area contributed by atoms with Gasteiger partial charge in [-0.1, -0.05) is 45.9 Å². The van der Waals surface area contributed by atoms with Crippen LogP contribution >= 0.6 is 31.7 Å². The summed E-state index contributed by atoms with van der Waals surface area (Å²) in [6.07, 6.45) is 13.7. The summed E-state index contributed by atoms with van der Waals surface area (Å²) in [6.45, 7) is 6.57. The van der Waals surface area contributed by atoms with Crippen molar-refractivity contribution >= 4 is 64.9 Å². The number of anilines is 1. The van der Waals surface area contributed by atoms with Gasteiger partial charge < -0.3 is 10.8 Å². The Morgan fingerprint density at radius 1 is 1.47 bits per heavy atom. The van der Waals surface area contributed by atoms with Crippen LogP contribution in [0.4, 0.5) is 5.69 Å². The summed E-state index contributed by atoms with van der Waals surface area (Å²) < 4.78 is 1.18. The molecule has 0 aromatic carbocycles. The summed E-state index contributed by atoms with van der Waals surface area (Å²) in [4.78, 5) is 10.6. The second-order valence-electron chi connectivity index (χ2n) is 7.69. The molecule has 0 bridgehead atoms. The van der Waals surface area contributed by atoms with Crippen LogP contribution in [-0.2, 0) is 0 Å². The number of nitrogen functional groups attached to an aromatic ring is 1. The number of aliphatic imine (C=N–C) groups is 1. The lowest BCUT2D eigenvalue weighted by atomic mass is 9.99. The van der Waals surface area contributed by atoms with Crippen LogP contribution in [0, 0.1) is 0 Å². The Morgan fingerprint density at radius 3 is 2.94 bits per heavy atom. The molecule has 168 valence electrons. The van der Waals surface area contributed by atoms with Crippen LogP contribution in [0.5, 0.6) is 0 Å². The van der Waals surface area contributed by atoms with Crippen molar-refractivity contribution in [2.24, 2.45) is 4.99 Å². The Balaban J connectivity index is 1.77. The summed E-state index contributed by atoms with van der Waals surface area (Å²) in [5.74, 6) is 2.21. The zero-order valence-corrected chi connectivity index (χ0v) is 20.8. The second-order valence-corrected chi connectivity index (χ2v) is 11.4. The quantitative estimate of drug-likeness (QED) is 0.317. The third kappa shape index (κ3) is 5.08. The molecular weight excluding hydrogens is 455 g/mol. The average Bonchev–Trinajstić information content (AvgIpc) is 3.10. The van der Waals surface area contributed by atoms with Crippen LogP contribution < -0.4 is 11.1 Å². The zero-order chi connectivity index (χ0) is 22.5. The molecule has 0 saturated heterocycles. The van der Waals surface area contributed by atoms with Crippen LogP contribution in [0.25, 0.3) is 21.4 Å². The van der Waals surface area contributed by atoms with E-state index in [1.807, 2.05) is 43.1 Å². The van der Waals surface area contributed by atoms with E-state index >= 15 is 0 Å². The minimum atomic E-state index is 0.0243. The van der Waals surface area contributed by atoms with E-state index in [9.17, 15) is 0 Å². The van der Waals surface area contributed by atoms with Gasteiger partial charge in [0.05, 0.1) is 22.2 Å². The number of nitrogens with zero attached hydrogens (tertiary/aromatic N) is 2. The summed E-state index contributed by atoms with van der Waals surface area (Å²) in [5, 5.41) is 14.0. The Labute approximate surface area is 199 Å². The van der Waals surface area contributed by atoms with Crippen molar-refractivity contribution in [3.63, 3.8) is 0 Å². The maximum absolute atomic E-state index is 9.03. The number of nitrogens with one attached hydrogen (secondary N) is 1. The SMILES string of the molecule is C=C/C=C(\C=C/C)c1cc(C2=CPC(NCCO)N=C2)nc2sc(SC3CCC3)c(N)c12. The predicted octanol–water partition coefficient (Wildman–Crippen LogP) is 5.64. The maximum atomic E-state index is 9.03. The molecule has 4 rings (SSSR count). The predicted molar refractivity (Wildman–Crippen MR) is 144 cm³/mol. The van der Waals surface area contributed by atoms with Gasteiger partial charge in [0.1, 0.15) is 10.7 Å². The Bertz CT molecular complexity index is 1110. The lowest BCUT2D eigenvalue weighted by Crippen LogP contribution is -2.27. The van der Waals surface area contributed by atoms with Crippen molar-refractivity contribution < 1.29 is 5.11 Å². The fraction of sp³-hybridized carbons (Fsp3) is 0.333. The van der Waals surface area contributed by atoms with Gasteiger partial charge in [-0.2, -0.15) is 0 Å². The highest BCUT2D eigenvalue weighted by Gasteiger charge is 2.24. The van der Waals surface area contributed by atoms with E-state index in [1.54, 1.807) is 11.3 Å². The number of aromatic nitrogens is 1. The molecule has 2 aromatic rings. The molecule has 0 amide bonds. The van der Waals surface area contributed by atoms with Crippen molar-refractivity contribution in [2.75, 3.05) is 18.9 Å². The smallest absolute Gasteiger partial charge is 0.127 e. The number of aliphatic hydroxyl groups excluding tert-OH is 1. The van der Waals surface area contributed by atoms with Crippen molar-refractivity contribution in [2.45, 2.75) is 41.6 Å². The normalized spacial score (nSPS) is 20.2. The van der Waals surface area contributed by atoms with E-state index in [2.05, 4.69) is 34.8 Å². The maximum Gasteiger partial charge on any atom is 0.127 e. The molecule has 1 aliphatic carbocycles. The van der Waals surface area contributed by atoms with Gasteiger partial charge >= 0.3 is 0 Å². The highest BCUT2D eigenvalue weighted by Crippen LogP contribution is 2.48. The number of pyridine rings is 1. The van der Waals surface area contributed by atoms with Crippen LogP contribution in [0.2, 0.25) is 0 Å². The summed E-state index contributed by atoms with van der Waals surface area (Å²) in [5.41, 5.74) is 11.6. The Kier molecular flexibility index (Phi) is 7.98. The largest absolute Gasteiger partial charge is 0.397 e. The highest BCUT2D eigenvalue weighted by molar-refractivity contribution is 8.02. The number of nitrogens with two attached hydrogens (primary N) is 1. The monoisotopic (exact) mass is 484 g/mol. The molecular formula is C24H29N4OPS2. The molecule has 5 nitrogen and oxygen atoms in total. The van der Waals surface area contributed by atoms with E-state index in [0.717, 1.165) is 38.3 Å². The Morgan fingerprint density at radius 2 is 2.31 bits per heavy atom. The van der Waals surface area contributed by atoms with Gasteiger partial charge in [0.2, 0.25) is 0 Å². The van der Waals surface area contributed by atoms with Crippen LogP contribution in [0.1, 0.15) is 37.4 Å². The van der Waals surface area contributed by atoms with Crippen molar-refractivity contribution in [1.29, 1.82) is 0 Å². The van der Waals surface area contributed by atoms with Gasteiger partial charge in [0.15, 0.2) is 0 Å². The number of fused-ring (bicyclic) bond motifs is 1. The molecule has 0 spiro atoms. The van der Waals surface area contributed by atoms with E-state index < -0.39 is 0 Å². The number of allylic oxidation sites excluding steroid dienone is 6. The number of thioether (sulfide) groups is 1. The van der Waals surface area contributed by atoms with E-state index in [4.69, 9.17) is 15.8 Å². The second kappa shape index (κ2) is 10.9. The van der Waals surface area contributed by atoms with E-state index in [1.165, 1.54) is 23.5 Å². The molecule has 0 radical (unpaired) electrons. The van der Waals surface area contributed by atoms with Crippen LogP contribution in [0.3, 0.4) is 0 Å². The van der Waals surface area contributed by atoms with E-state index in [-0.39, 0.29) is 12.5 Å². The molecule has 2 unspecified atom stereocenters. The standard InChI is InChI=1S/C24H29N4OPS2/c1-3-6-15(7-4-2)18-12-19(16-13-27-24(30-14-16)26-10-11-29)28-22-20(18)21(25)23(32-22)31-17-8-5-9-17/h3-4,6-7,12-14,17,24,26,29-30H,1,5,8-11,25H2,2H3/b7-4-,15-6+. The van der Waals surface area contributed by atoms with Crippen molar-refractivity contribution in [3.05, 3.63) is 54.0 Å². The van der Waals surface area contributed by atoms with Gasteiger partial charge in [-0.05, 0) is 42.8 Å². The minimum absolute atomic E-state index is 0.0243. The summed E-state index contributed by atoms with van der Waals surface area (Å²) in [6, 6.07) is 2.13. The van der Waals surface area contributed by atoms with Gasteiger partial charge in [-0.25, -0.2) is 4.98 Å². The summed E-state index contributed by atoms with van der Waals surface area (Å²) in [7, 11) is 0.492. The molecule has 32 heavy (non-hydrogen) atoms. The molecule has 3 heterocycles. The first-order valence-electron chi connectivity index (χ1n) is 10.8. The first-order valence-corrected chi connectivity index (χ1v) is 13.7. The Hall–Kier alpha value is -1.76. The fourth-order valence-corrected chi connectivity index (χ4v) is 7.38. The third-order valence-corrected chi connectivity index (χ3v) is 9.27. The topological polar surface area (TPSA) is 83.5 Å². The van der Waals surface area contributed by atoms with E-state index in [0.29, 0.717) is 20.4 Å². The first kappa shape index (κ1) is 23.4. The average molecular weight is 485 g/mol. The minimum Gasteiger partial charge on any atom is -0.397 e. The van der Waals surface area contributed by atoms with Crippen molar-refractivity contribution in [1.82, 2.24) is 10.3 Å². The van der Waals surface area contributed by atoms with Crippen LogP contribution in [0.15, 0.2) is 52.0 Å². The zero-order valence-electron chi connectivity index (χ0n) is 18.2. The molecule has 1 aliphatic heterocycles. The molecule has 2 aromatic heterocycles. The molecule has 2 aliphatic rings. The molecule has 2 atom stereocenters. The van der Waals surface area contributed by atoms with Gasteiger partial charge in [0, 0.05) is 29.0 Å². The van der Waals surface area contributed by atoms with Crippen LogP contribution in [-0.4, -0.2) is 40.6 Å². The first-order chi connectivity index (χ1) is 15.6. The third-order valence-electron chi connectivity index (χ3n) is 5.45. The van der Waals surface area contributed by atoms with Gasteiger partial charge in [0.25, 0.3) is 0 Å². The van der Waals surface area contributed by atoms with Gasteiger partial charge in [-0.3, -0.25) is 10.3 Å². The number of aliphatic hydroxyl groups is 1. The molecule has 1 fully saturated rings. The van der Waals surface area contributed by atoms with Crippen molar-refractivity contribution in [3.8, 4) is 0 Å². The number of hydrogen-bond donors (Lipinski definition) is 3. The molecule has 1 saturated carbocycles.